The molecule has 0 aromatic carbocycles. The number of carbonyl (C=O) groups is 4. The van der Waals surface area contributed by atoms with Crippen molar-refractivity contribution in [3.63, 3.8) is 0 Å². The van der Waals surface area contributed by atoms with E-state index < -0.39 is 63.4 Å². The highest BCUT2D eigenvalue weighted by Crippen LogP contribution is 2.48. The molecule has 1 spiro atoms. The van der Waals surface area contributed by atoms with Crippen LogP contribution in [0.15, 0.2) is 0 Å². The summed E-state index contributed by atoms with van der Waals surface area (Å²) in [4.78, 5) is 51.9. The fraction of sp³-hybridized carbons (Fsp3) is 0.783. The second kappa shape index (κ2) is 9.43. The summed E-state index contributed by atoms with van der Waals surface area (Å²) in [5.74, 6) is -3.67. The summed E-state index contributed by atoms with van der Waals surface area (Å²) in [6.07, 6.45) is 1.19. The molecule has 2 saturated heterocycles. The van der Waals surface area contributed by atoms with Gasteiger partial charge in [0, 0.05) is 17.2 Å². The maximum absolute atomic E-state index is 13.5. The number of hydrogen-bond donors (Lipinski definition) is 3. The predicted molar refractivity (Wildman–Crippen MR) is 128 cm³/mol. The molecular weight excluding hydrogens is 499 g/mol. The van der Waals surface area contributed by atoms with Crippen molar-refractivity contribution in [2.45, 2.75) is 76.3 Å². The van der Waals surface area contributed by atoms with Crippen molar-refractivity contribution in [1.29, 1.82) is 5.26 Å². The van der Waals surface area contributed by atoms with Crippen LogP contribution in [0.25, 0.3) is 0 Å². The summed E-state index contributed by atoms with van der Waals surface area (Å²) in [6.45, 7) is 4.58. The van der Waals surface area contributed by atoms with Crippen LogP contribution in [0.2, 0.25) is 0 Å². The maximum Gasteiger partial charge on any atom is 0.471 e. The Balaban J connectivity index is 1.75. The molecule has 2 heterocycles. The van der Waals surface area contributed by atoms with Gasteiger partial charge in [-0.15, -0.1) is 0 Å². The predicted octanol–water partition coefficient (Wildman–Crippen LogP) is 1.38. The van der Waals surface area contributed by atoms with Crippen LogP contribution in [0.1, 0.15) is 46.5 Å². The Morgan fingerprint density at radius 2 is 1.83 bits per heavy atom. The van der Waals surface area contributed by atoms with Gasteiger partial charge >= 0.3 is 12.1 Å². The van der Waals surface area contributed by atoms with Crippen LogP contribution in [-0.4, -0.2) is 82.5 Å². The Morgan fingerprint density at radius 1 is 1.22 bits per heavy atom. The van der Waals surface area contributed by atoms with Crippen LogP contribution in [-0.2, 0) is 19.2 Å². The van der Waals surface area contributed by atoms with Gasteiger partial charge in [-0.3, -0.25) is 19.2 Å². The molecule has 13 heteroatoms. The van der Waals surface area contributed by atoms with Crippen molar-refractivity contribution in [2.75, 3.05) is 24.1 Å². The minimum atomic E-state index is -5.17. The fourth-order valence-electron chi connectivity index (χ4n) is 4.84. The van der Waals surface area contributed by atoms with E-state index in [1.54, 1.807) is 5.32 Å². The van der Waals surface area contributed by atoms with Gasteiger partial charge < -0.3 is 20.9 Å². The third-order valence-electron chi connectivity index (χ3n) is 6.95. The van der Waals surface area contributed by atoms with E-state index in [0.29, 0.717) is 12.2 Å². The topological polar surface area (TPSA) is 131 Å². The summed E-state index contributed by atoms with van der Waals surface area (Å²) in [5, 5.41) is 17.0. The first-order valence-electron chi connectivity index (χ1n) is 11.8. The SMILES string of the molecule is CC(C)(C)C(NC(=O)C(F)(F)F)C(=O)N1CS(C)(C)C[C@H]1C(=O)N[C@H](C#N)C[C@@H]1CC2(CC2)NC1=O. The second-order valence-corrected chi connectivity index (χ2v) is 15.9. The quantitative estimate of drug-likeness (QED) is 0.475. The minimum Gasteiger partial charge on any atom is -0.350 e. The van der Waals surface area contributed by atoms with Crippen molar-refractivity contribution in [2.24, 2.45) is 11.3 Å². The van der Waals surface area contributed by atoms with Crippen LogP contribution in [0, 0.1) is 22.7 Å². The van der Waals surface area contributed by atoms with Crippen molar-refractivity contribution in [1.82, 2.24) is 20.9 Å². The highest BCUT2D eigenvalue weighted by molar-refractivity contribution is 8.32. The van der Waals surface area contributed by atoms with Gasteiger partial charge in [-0.25, -0.2) is 10.0 Å². The molecular formula is C23H34F3N5O4S. The molecule has 36 heavy (non-hydrogen) atoms. The van der Waals surface area contributed by atoms with E-state index in [1.165, 1.54) is 25.7 Å². The largest absolute Gasteiger partial charge is 0.471 e. The van der Waals surface area contributed by atoms with Gasteiger partial charge in [-0.05, 0) is 43.6 Å². The Kier molecular flexibility index (Phi) is 7.36. The first-order valence-corrected chi connectivity index (χ1v) is 14.6. The molecule has 0 aromatic heterocycles. The van der Waals surface area contributed by atoms with E-state index in [2.05, 4.69) is 10.6 Å². The normalized spacial score (nSPS) is 27.0. The number of carbonyl (C=O) groups excluding carboxylic acids is 4. The van der Waals surface area contributed by atoms with E-state index in [0.717, 1.165) is 12.8 Å². The molecule has 2 aliphatic heterocycles. The first-order chi connectivity index (χ1) is 16.4. The van der Waals surface area contributed by atoms with E-state index in [9.17, 15) is 37.6 Å². The van der Waals surface area contributed by atoms with Gasteiger partial charge in [0.25, 0.3) is 0 Å². The Labute approximate surface area is 210 Å². The lowest BCUT2D eigenvalue weighted by Crippen LogP contribution is -2.60. The van der Waals surface area contributed by atoms with Gasteiger partial charge in [0.15, 0.2) is 0 Å². The van der Waals surface area contributed by atoms with E-state index in [1.807, 2.05) is 18.6 Å². The molecule has 1 unspecified atom stereocenters. The molecule has 4 atom stereocenters. The van der Waals surface area contributed by atoms with Crippen LogP contribution in [0.3, 0.4) is 0 Å². The van der Waals surface area contributed by atoms with Gasteiger partial charge in [-0.1, -0.05) is 20.8 Å². The van der Waals surface area contributed by atoms with Gasteiger partial charge in [0.1, 0.15) is 18.1 Å². The number of rotatable bonds is 6. The van der Waals surface area contributed by atoms with Crippen molar-refractivity contribution in [3.8, 4) is 6.07 Å². The Morgan fingerprint density at radius 3 is 2.31 bits per heavy atom. The molecule has 1 aliphatic carbocycles. The molecule has 1 saturated carbocycles. The van der Waals surface area contributed by atoms with Crippen molar-refractivity contribution < 1.29 is 32.3 Å². The van der Waals surface area contributed by atoms with Crippen LogP contribution >= 0.6 is 10.0 Å². The summed E-state index contributed by atoms with van der Waals surface area (Å²) >= 11 is 0. The highest BCUT2D eigenvalue weighted by atomic mass is 32.3. The van der Waals surface area contributed by atoms with E-state index in [-0.39, 0.29) is 23.7 Å². The number of alkyl halides is 3. The number of amides is 4. The molecule has 3 rings (SSSR count). The standard InChI is InChI=1S/C23H34F3N5O4S/c1-21(2,3)16(29-20(35)23(24,25)26)19(34)31-12-36(4,5)11-15(31)18(33)28-14(10-27)8-13-9-22(6-7-22)30-17(13)32/h13-16H,6-9,11-12H2,1-5H3,(H,28,33)(H,29,35)(H,30,32)/t13-,14+,15+,16?/m1/s1. The first kappa shape index (κ1) is 28.1. The summed E-state index contributed by atoms with van der Waals surface area (Å²) in [6, 6.07) is -1.46. The molecule has 4 amide bonds. The van der Waals surface area contributed by atoms with Crippen molar-refractivity contribution >= 4 is 33.7 Å². The van der Waals surface area contributed by atoms with Gasteiger partial charge in [0.05, 0.1) is 11.9 Å². The van der Waals surface area contributed by atoms with E-state index >= 15 is 0 Å². The monoisotopic (exact) mass is 533 g/mol. The zero-order chi connectivity index (χ0) is 27.3. The minimum absolute atomic E-state index is 0.138. The number of hydrogen-bond acceptors (Lipinski definition) is 5. The highest BCUT2D eigenvalue weighted by Gasteiger charge is 2.53. The number of halogens is 3. The zero-order valence-corrected chi connectivity index (χ0v) is 21.9. The zero-order valence-electron chi connectivity index (χ0n) is 21.1. The summed E-state index contributed by atoms with van der Waals surface area (Å²) < 4.78 is 38.8. The van der Waals surface area contributed by atoms with Crippen LogP contribution in [0.4, 0.5) is 13.2 Å². The molecule has 202 valence electrons. The number of nitriles is 1. The molecule has 3 aliphatic rings. The third-order valence-corrected chi connectivity index (χ3v) is 9.14. The lowest BCUT2D eigenvalue weighted by molar-refractivity contribution is -0.176. The van der Waals surface area contributed by atoms with E-state index in [4.69, 9.17) is 0 Å². The number of nitrogens with one attached hydrogen (secondary N) is 3. The lowest BCUT2D eigenvalue weighted by Gasteiger charge is -2.35. The lowest BCUT2D eigenvalue weighted by atomic mass is 9.85. The van der Waals surface area contributed by atoms with Crippen molar-refractivity contribution in [3.05, 3.63) is 0 Å². The maximum atomic E-state index is 13.5. The molecule has 3 N–H and O–H groups in total. The smallest absolute Gasteiger partial charge is 0.350 e. The summed E-state index contributed by atoms with van der Waals surface area (Å²) in [5.41, 5.74) is -1.23. The number of nitrogens with zero attached hydrogens (tertiary/aromatic N) is 2. The molecule has 0 radical (unpaired) electrons. The Hall–Kier alpha value is -2.49. The second-order valence-electron chi connectivity index (χ2n) is 11.8. The fourth-order valence-corrected chi connectivity index (χ4v) is 7.20. The molecule has 3 fully saturated rings. The average Bonchev–Trinajstić information content (AvgIpc) is 3.29. The third kappa shape index (κ3) is 6.25. The average molecular weight is 534 g/mol. The molecule has 0 bridgehead atoms. The molecule has 0 aromatic rings. The Bertz CT molecular complexity index is 984. The van der Waals surface area contributed by atoms with Gasteiger partial charge in [-0.2, -0.15) is 18.4 Å². The van der Waals surface area contributed by atoms with Crippen LogP contribution < -0.4 is 16.0 Å². The van der Waals surface area contributed by atoms with Crippen LogP contribution in [0.5, 0.6) is 0 Å². The molecule has 9 nitrogen and oxygen atoms in total. The van der Waals surface area contributed by atoms with Gasteiger partial charge in [0.2, 0.25) is 17.7 Å². The summed E-state index contributed by atoms with van der Waals surface area (Å²) in [7, 11) is -1.49.